The van der Waals surface area contributed by atoms with E-state index in [1.165, 1.54) is 12.8 Å². The third-order valence-electron chi connectivity index (χ3n) is 3.02. The molecule has 0 fully saturated rings. The van der Waals surface area contributed by atoms with E-state index in [0.29, 0.717) is 5.92 Å². The molecule has 0 radical (unpaired) electrons. The summed E-state index contributed by atoms with van der Waals surface area (Å²) in [5, 5.41) is 3.40. The van der Waals surface area contributed by atoms with Crippen LogP contribution in [0.3, 0.4) is 0 Å². The summed E-state index contributed by atoms with van der Waals surface area (Å²) >= 11 is 5.83. The lowest BCUT2D eigenvalue weighted by Gasteiger charge is -2.16. The summed E-state index contributed by atoms with van der Waals surface area (Å²) in [5.41, 5.74) is 1.11. The summed E-state index contributed by atoms with van der Waals surface area (Å²) in [4.78, 5) is 8.52. The van der Waals surface area contributed by atoms with E-state index in [9.17, 15) is 0 Å². The number of hydrogen-bond donors (Lipinski definition) is 1. The Hall–Kier alpha value is -0.830. The van der Waals surface area contributed by atoms with Gasteiger partial charge in [-0.3, -0.25) is 0 Å². The molecule has 0 saturated carbocycles. The van der Waals surface area contributed by atoms with E-state index in [-0.39, 0.29) is 0 Å². The molecule has 0 bridgehead atoms. The molecule has 0 aliphatic heterocycles. The summed E-state index contributed by atoms with van der Waals surface area (Å²) in [6.07, 6.45) is 7.25. The second-order valence-electron chi connectivity index (χ2n) is 4.66. The Morgan fingerprint density at radius 3 is 2.72 bits per heavy atom. The fraction of sp³-hybridized carbons (Fsp3) is 0.714. The molecule has 0 aliphatic rings. The van der Waals surface area contributed by atoms with Gasteiger partial charge in [-0.1, -0.05) is 26.7 Å². The van der Waals surface area contributed by atoms with Crippen LogP contribution in [0.25, 0.3) is 0 Å². The Bertz CT molecular complexity index is 325. The molecule has 1 rings (SSSR count). The molecule has 18 heavy (non-hydrogen) atoms. The molecule has 1 unspecified atom stereocenters. The average Bonchev–Trinajstić information content (AvgIpc) is 2.37. The van der Waals surface area contributed by atoms with Crippen LogP contribution in [-0.4, -0.2) is 22.4 Å². The third-order valence-corrected chi connectivity index (χ3v) is 3.23. The Morgan fingerprint density at radius 2 is 2.06 bits per heavy atom. The van der Waals surface area contributed by atoms with Crippen molar-refractivity contribution in [2.24, 2.45) is 5.92 Å². The molecule has 1 N–H and O–H groups in total. The lowest BCUT2D eigenvalue weighted by molar-refractivity contribution is 0.489. The lowest BCUT2D eigenvalue weighted by Crippen LogP contribution is -2.15. The monoisotopic (exact) mass is 269 g/mol. The Kier molecular flexibility index (Phi) is 7.74. The first-order chi connectivity index (χ1) is 8.80. The van der Waals surface area contributed by atoms with Gasteiger partial charge in [-0.05, 0) is 25.2 Å². The molecular formula is C14H24ClN3. The third kappa shape index (κ3) is 5.67. The standard InChI is InChI=1S/C14H24ClN3/c1-3-5-12(7-8-15)10-16-14-9-13(6-4-2)17-11-18-14/h9,11-12H,3-8,10H2,1-2H3,(H,16,17,18). The minimum absolute atomic E-state index is 0.636. The molecule has 0 aromatic carbocycles. The highest BCUT2D eigenvalue weighted by atomic mass is 35.5. The van der Waals surface area contributed by atoms with Crippen molar-refractivity contribution in [2.45, 2.75) is 46.0 Å². The number of halogens is 1. The van der Waals surface area contributed by atoms with E-state index < -0.39 is 0 Å². The number of rotatable bonds is 9. The van der Waals surface area contributed by atoms with Gasteiger partial charge in [-0.2, -0.15) is 0 Å². The zero-order chi connectivity index (χ0) is 13.2. The molecule has 1 heterocycles. The topological polar surface area (TPSA) is 37.8 Å². The number of nitrogens with one attached hydrogen (secondary N) is 1. The highest BCUT2D eigenvalue weighted by Crippen LogP contribution is 2.14. The van der Waals surface area contributed by atoms with Crippen molar-refractivity contribution in [3.63, 3.8) is 0 Å². The van der Waals surface area contributed by atoms with E-state index in [1.807, 2.05) is 6.07 Å². The van der Waals surface area contributed by atoms with Crippen molar-refractivity contribution in [2.75, 3.05) is 17.7 Å². The van der Waals surface area contributed by atoms with Crippen molar-refractivity contribution in [1.29, 1.82) is 0 Å². The van der Waals surface area contributed by atoms with E-state index in [1.54, 1.807) is 6.33 Å². The molecule has 102 valence electrons. The summed E-state index contributed by atoms with van der Waals surface area (Å²) in [6, 6.07) is 2.05. The minimum Gasteiger partial charge on any atom is -0.370 e. The van der Waals surface area contributed by atoms with Crippen LogP contribution in [0.1, 0.15) is 45.2 Å². The summed E-state index contributed by atoms with van der Waals surface area (Å²) in [7, 11) is 0. The van der Waals surface area contributed by atoms with Crippen molar-refractivity contribution in [3.05, 3.63) is 18.1 Å². The van der Waals surface area contributed by atoms with Crippen LogP contribution in [0.15, 0.2) is 12.4 Å². The van der Waals surface area contributed by atoms with Gasteiger partial charge in [0.2, 0.25) is 0 Å². The van der Waals surface area contributed by atoms with Gasteiger partial charge in [0.1, 0.15) is 12.1 Å². The van der Waals surface area contributed by atoms with E-state index >= 15 is 0 Å². The van der Waals surface area contributed by atoms with Crippen LogP contribution in [0, 0.1) is 5.92 Å². The van der Waals surface area contributed by atoms with Crippen LogP contribution in [0.2, 0.25) is 0 Å². The second-order valence-corrected chi connectivity index (χ2v) is 5.04. The highest BCUT2D eigenvalue weighted by Gasteiger charge is 2.07. The summed E-state index contributed by atoms with van der Waals surface area (Å²) in [6.45, 7) is 5.32. The smallest absolute Gasteiger partial charge is 0.129 e. The van der Waals surface area contributed by atoms with Gasteiger partial charge in [-0.15, -0.1) is 11.6 Å². The van der Waals surface area contributed by atoms with Crippen molar-refractivity contribution < 1.29 is 0 Å². The van der Waals surface area contributed by atoms with Gasteiger partial charge in [0.15, 0.2) is 0 Å². The van der Waals surface area contributed by atoms with Crippen LogP contribution in [0.4, 0.5) is 5.82 Å². The number of aryl methyl sites for hydroxylation is 1. The first-order valence-corrected chi connectivity index (χ1v) is 7.44. The molecule has 0 saturated heterocycles. The second kappa shape index (κ2) is 9.15. The fourth-order valence-corrected chi connectivity index (χ4v) is 2.36. The van der Waals surface area contributed by atoms with Crippen LogP contribution in [0.5, 0.6) is 0 Å². The van der Waals surface area contributed by atoms with Crippen LogP contribution >= 0.6 is 11.6 Å². The van der Waals surface area contributed by atoms with Gasteiger partial charge in [0.05, 0.1) is 0 Å². The number of anilines is 1. The molecule has 0 aliphatic carbocycles. The van der Waals surface area contributed by atoms with E-state index in [0.717, 1.165) is 43.2 Å². The molecule has 4 heteroatoms. The van der Waals surface area contributed by atoms with Gasteiger partial charge >= 0.3 is 0 Å². The Morgan fingerprint density at radius 1 is 1.22 bits per heavy atom. The molecule has 1 aromatic heterocycles. The van der Waals surface area contributed by atoms with Crippen molar-refractivity contribution in [1.82, 2.24) is 9.97 Å². The van der Waals surface area contributed by atoms with Crippen LogP contribution in [-0.2, 0) is 6.42 Å². The predicted octanol–water partition coefficient (Wildman–Crippen LogP) is 3.89. The predicted molar refractivity (Wildman–Crippen MR) is 78.3 cm³/mol. The summed E-state index contributed by atoms with van der Waals surface area (Å²) < 4.78 is 0. The largest absolute Gasteiger partial charge is 0.370 e. The Balaban J connectivity index is 2.47. The lowest BCUT2D eigenvalue weighted by atomic mass is 10.0. The van der Waals surface area contributed by atoms with Crippen molar-refractivity contribution >= 4 is 17.4 Å². The quantitative estimate of drug-likeness (QED) is 0.691. The van der Waals surface area contributed by atoms with Crippen molar-refractivity contribution in [3.8, 4) is 0 Å². The maximum Gasteiger partial charge on any atom is 0.129 e. The number of hydrogen-bond acceptors (Lipinski definition) is 3. The normalized spacial score (nSPS) is 12.4. The van der Waals surface area contributed by atoms with E-state index in [2.05, 4.69) is 29.1 Å². The Labute approximate surface area is 115 Å². The maximum absolute atomic E-state index is 5.83. The molecule has 0 amide bonds. The zero-order valence-corrected chi connectivity index (χ0v) is 12.2. The highest BCUT2D eigenvalue weighted by molar-refractivity contribution is 6.17. The zero-order valence-electron chi connectivity index (χ0n) is 11.5. The first kappa shape index (κ1) is 15.2. The molecular weight excluding hydrogens is 246 g/mol. The average molecular weight is 270 g/mol. The minimum atomic E-state index is 0.636. The SMILES string of the molecule is CCCc1cc(NCC(CCC)CCCl)ncn1. The fourth-order valence-electron chi connectivity index (χ4n) is 2.05. The maximum atomic E-state index is 5.83. The van der Waals surface area contributed by atoms with Gasteiger partial charge in [0.25, 0.3) is 0 Å². The molecule has 1 atom stereocenters. The molecule has 1 aromatic rings. The van der Waals surface area contributed by atoms with Gasteiger partial charge < -0.3 is 5.32 Å². The number of aromatic nitrogens is 2. The number of alkyl halides is 1. The molecule has 0 spiro atoms. The van der Waals surface area contributed by atoms with E-state index in [4.69, 9.17) is 11.6 Å². The first-order valence-electron chi connectivity index (χ1n) is 6.90. The van der Waals surface area contributed by atoms with Crippen LogP contribution < -0.4 is 5.32 Å². The van der Waals surface area contributed by atoms with Gasteiger partial charge in [0, 0.05) is 24.2 Å². The van der Waals surface area contributed by atoms with Gasteiger partial charge in [-0.25, -0.2) is 9.97 Å². The summed E-state index contributed by atoms with van der Waals surface area (Å²) in [5.74, 6) is 2.30. The number of nitrogens with zero attached hydrogens (tertiary/aromatic N) is 2. The molecule has 3 nitrogen and oxygen atoms in total.